The van der Waals surface area contributed by atoms with Crippen molar-refractivity contribution in [3.8, 4) is 5.75 Å². The average Bonchev–Trinajstić information content (AvgIpc) is 2.89. The zero-order valence-electron chi connectivity index (χ0n) is 24.3. The van der Waals surface area contributed by atoms with Crippen LogP contribution in [0.1, 0.15) is 37.5 Å². The summed E-state index contributed by atoms with van der Waals surface area (Å²) < 4.78 is 47.3. The first kappa shape index (κ1) is 31.6. The molecule has 0 unspecified atom stereocenters. The third-order valence-electron chi connectivity index (χ3n) is 6.35. The highest BCUT2D eigenvalue weighted by atomic mass is 32.2. The zero-order valence-corrected chi connectivity index (χ0v) is 25.2. The van der Waals surface area contributed by atoms with Gasteiger partial charge in [0.1, 0.15) is 24.2 Å². The lowest BCUT2D eigenvalue weighted by Crippen LogP contribution is -2.56. The number of amides is 2. The number of halogens is 1. The molecule has 3 aromatic carbocycles. The van der Waals surface area contributed by atoms with Gasteiger partial charge in [-0.1, -0.05) is 54.6 Å². The van der Waals surface area contributed by atoms with E-state index in [2.05, 4.69) is 5.32 Å². The van der Waals surface area contributed by atoms with Gasteiger partial charge in [-0.25, -0.2) is 12.8 Å². The van der Waals surface area contributed by atoms with Crippen molar-refractivity contribution in [1.82, 2.24) is 10.2 Å². The fourth-order valence-corrected chi connectivity index (χ4v) is 5.25. The zero-order chi connectivity index (χ0) is 30.4. The smallest absolute Gasteiger partial charge is 0.244 e. The van der Waals surface area contributed by atoms with Gasteiger partial charge in [-0.2, -0.15) is 0 Å². The summed E-state index contributed by atoms with van der Waals surface area (Å²) in [6.07, 6.45) is 1.13. The van der Waals surface area contributed by atoms with Crippen molar-refractivity contribution in [3.05, 3.63) is 95.3 Å². The highest BCUT2D eigenvalue weighted by Crippen LogP contribution is 2.31. The van der Waals surface area contributed by atoms with Crippen LogP contribution >= 0.6 is 0 Å². The minimum Gasteiger partial charge on any atom is -0.495 e. The molecular formula is C31H38FN3O5S. The second kappa shape index (κ2) is 13.2. The van der Waals surface area contributed by atoms with Crippen LogP contribution < -0.4 is 14.4 Å². The molecular weight excluding hydrogens is 545 g/mol. The number of benzene rings is 3. The molecule has 0 aliphatic rings. The van der Waals surface area contributed by atoms with Crippen LogP contribution in [0.15, 0.2) is 72.8 Å². The molecule has 0 heterocycles. The van der Waals surface area contributed by atoms with Gasteiger partial charge in [0.15, 0.2) is 0 Å². The van der Waals surface area contributed by atoms with Crippen molar-refractivity contribution in [3.63, 3.8) is 0 Å². The second-order valence-corrected chi connectivity index (χ2v) is 12.9. The predicted molar refractivity (Wildman–Crippen MR) is 159 cm³/mol. The van der Waals surface area contributed by atoms with Crippen LogP contribution in [0.3, 0.4) is 0 Å². The lowest BCUT2D eigenvalue weighted by molar-refractivity contribution is -0.140. The highest BCUT2D eigenvalue weighted by molar-refractivity contribution is 7.92. The van der Waals surface area contributed by atoms with Gasteiger partial charge in [-0.05, 0) is 57.0 Å². The molecule has 0 aliphatic carbocycles. The summed E-state index contributed by atoms with van der Waals surface area (Å²) >= 11 is 0. The molecule has 0 spiro atoms. The number of carbonyl (C=O) groups excluding carboxylic acids is 2. The van der Waals surface area contributed by atoms with Crippen LogP contribution in [-0.2, 0) is 32.6 Å². The minimum absolute atomic E-state index is 0.135. The van der Waals surface area contributed by atoms with Gasteiger partial charge in [0.05, 0.1) is 19.1 Å². The summed E-state index contributed by atoms with van der Waals surface area (Å²) in [5, 5.41) is 2.94. The molecule has 0 bridgehead atoms. The fraction of sp³-hybridized carbons (Fsp3) is 0.355. The van der Waals surface area contributed by atoms with Crippen molar-refractivity contribution in [2.45, 2.75) is 52.2 Å². The van der Waals surface area contributed by atoms with E-state index in [0.29, 0.717) is 0 Å². The SMILES string of the molecule is COc1ccc(C)cc1N(CC(=O)N(Cc1ccccc1F)[C@@H](Cc1ccccc1)C(=O)NC(C)(C)C)S(C)(=O)=O. The van der Waals surface area contributed by atoms with E-state index in [9.17, 15) is 22.4 Å². The van der Waals surface area contributed by atoms with Crippen LogP contribution in [-0.4, -0.2) is 56.6 Å². The Morgan fingerprint density at radius 2 is 1.63 bits per heavy atom. The molecule has 3 aromatic rings. The third kappa shape index (κ3) is 8.78. The van der Waals surface area contributed by atoms with Crippen molar-refractivity contribution in [2.24, 2.45) is 0 Å². The first-order valence-corrected chi connectivity index (χ1v) is 15.1. The maximum absolute atomic E-state index is 14.9. The van der Waals surface area contributed by atoms with Gasteiger partial charge >= 0.3 is 0 Å². The topological polar surface area (TPSA) is 96.0 Å². The van der Waals surface area contributed by atoms with E-state index in [1.54, 1.807) is 31.2 Å². The van der Waals surface area contributed by atoms with E-state index in [1.807, 2.05) is 51.1 Å². The molecule has 1 N–H and O–H groups in total. The van der Waals surface area contributed by atoms with Gasteiger partial charge < -0.3 is 15.0 Å². The molecule has 0 saturated carbocycles. The molecule has 1 atom stereocenters. The Bertz CT molecular complexity index is 1470. The molecule has 2 amide bonds. The summed E-state index contributed by atoms with van der Waals surface area (Å²) in [4.78, 5) is 29.1. The maximum atomic E-state index is 14.9. The fourth-order valence-electron chi connectivity index (χ4n) is 4.41. The first-order valence-electron chi connectivity index (χ1n) is 13.2. The van der Waals surface area contributed by atoms with E-state index >= 15 is 0 Å². The lowest BCUT2D eigenvalue weighted by Gasteiger charge is -2.35. The Hall–Kier alpha value is -3.92. The van der Waals surface area contributed by atoms with Crippen molar-refractivity contribution in [2.75, 3.05) is 24.2 Å². The number of ether oxygens (including phenoxy) is 1. The Labute approximate surface area is 242 Å². The van der Waals surface area contributed by atoms with Crippen molar-refractivity contribution >= 4 is 27.5 Å². The molecule has 10 heteroatoms. The molecule has 0 radical (unpaired) electrons. The van der Waals surface area contributed by atoms with E-state index in [0.717, 1.165) is 21.7 Å². The number of rotatable bonds is 11. The quantitative estimate of drug-likeness (QED) is 0.360. The van der Waals surface area contributed by atoms with Gasteiger partial charge in [0.2, 0.25) is 21.8 Å². The Kier molecular flexibility index (Phi) is 10.1. The normalized spacial score (nSPS) is 12.4. The van der Waals surface area contributed by atoms with E-state index in [-0.39, 0.29) is 30.0 Å². The summed E-state index contributed by atoms with van der Waals surface area (Å²) in [5.41, 5.74) is 1.31. The standard InChI is InChI=1S/C31H38FN3O5S/c1-22-16-17-28(40-5)26(18-22)35(41(6,38)39)21-29(36)34(20-24-14-10-11-15-25(24)32)27(30(37)33-31(2,3)4)19-23-12-8-7-9-13-23/h7-18,27H,19-21H2,1-6H3,(H,33,37)/t27-/m0/s1. The summed E-state index contributed by atoms with van der Waals surface area (Å²) in [6.45, 7) is 6.39. The number of hydrogen-bond acceptors (Lipinski definition) is 5. The molecule has 0 fully saturated rings. The number of hydrogen-bond donors (Lipinski definition) is 1. The molecule has 41 heavy (non-hydrogen) atoms. The van der Waals surface area contributed by atoms with Crippen LogP contribution in [0.5, 0.6) is 5.75 Å². The Morgan fingerprint density at radius 3 is 2.22 bits per heavy atom. The second-order valence-electron chi connectivity index (χ2n) is 11.0. The number of aryl methyl sites for hydroxylation is 1. The molecule has 0 aliphatic heterocycles. The Morgan fingerprint density at radius 1 is 1.00 bits per heavy atom. The highest BCUT2D eigenvalue weighted by Gasteiger charge is 2.35. The molecule has 0 aromatic heterocycles. The lowest BCUT2D eigenvalue weighted by atomic mass is 10.0. The van der Waals surface area contributed by atoms with E-state index in [1.165, 1.54) is 30.2 Å². The third-order valence-corrected chi connectivity index (χ3v) is 7.48. The van der Waals surface area contributed by atoms with E-state index in [4.69, 9.17) is 4.74 Å². The molecule has 220 valence electrons. The van der Waals surface area contributed by atoms with Crippen LogP contribution in [0.4, 0.5) is 10.1 Å². The molecule has 8 nitrogen and oxygen atoms in total. The first-order chi connectivity index (χ1) is 19.2. The average molecular weight is 584 g/mol. The number of sulfonamides is 1. The number of nitrogens with one attached hydrogen (secondary N) is 1. The van der Waals surface area contributed by atoms with Crippen LogP contribution in [0, 0.1) is 12.7 Å². The number of anilines is 1. The number of nitrogens with zero attached hydrogens (tertiary/aromatic N) is 2. The number of carbonyl (C=O) groups is 2. The monoisotopic (exact) mass is 583 g/mol. The summed E-state index contributed by atoms with van der Waals surface area (Å²) in [6, 6.07) is 19.1. The largest absolute Gasteiger partial charge is 0.495 e. The maximum Gasteiger partial charge on any atom is 0.244 e. The van der Waals surface area contributed by atoms with E-state index < -0.39 is 45.8 Å². The molecule has 0 saturated heterocycles. The van der Waals surface area contributed by atoms with Gasteiger partial charge in [-0.3, -0.25) is 13.9 Å². The van der Waals surface area contributed by atoms with Gasteiger partial charge in [-0.15, -0.1) is 0 Å². The molecule has 3 rings (SSSR count). The summed E-state index contributed by atoms with van der Waals surface area (Å²) in [5.74, 6) is -1.39. The summed E-state index contributed by atoms with van der Waals surface area (Å²) in [7, 11) is -2.57. The van der Waals surface area contributed by atoms with Crippen molar-refractivity contribution < 1.29 is 27.1 Å². The van der Waals surface area contributed by atoms with Crippen LogP contribution in [0.2, 0.25) is 0 Å². The van der Waals surface area contributed by atoms with Crippen LogP contribution in [0.25, 0.3) is 0 Å². The van der Waals surface area contributed by atoms with Crippen molar-refractivity contribution in [1.29, 1.82) is 0 Å². The number of methoxy groups -OCH3 is 1. The van der Waals surface area contributed by atoms with Gasteiger partial charge in [0, 0.05) is 24.1 Å². The Balaban J connectivity index is 2.13. The minimum atomic E-state index is -3.98. The van der Waals surface area contributed by atoms with Gasteiger partial charge in [0.25, 0.3) is 0 Å². The predicted octanol–water partition coefficient (Wildman–Crippen LogP) is 4.46.